The third-order valence-corrected chi connectivity index (χ3v) is 4.29. The molecule has 22 heavy (non-hydrogen) atoms. The van der Waals surface area contributed by atoms with Crippen LogP contribution in [0.3, 0.4) is 0 Å². The summed E-state index contributed by atoms with van der Waals surface area (Å²) in [4.78, 5) is 11.6. The highest BCUT2D eigenvalue weighted by Gasteiger charge is 2.17. The summed E-state index contributed by atoms with van der Waals surface area (Å²) in [6.45, 7) is 0. The Morgan fingerprint density at radius 1 is 0.818 bits per heavy atom. The highest BCUT2D eigenvalue weighted by atomic mass is 35.5. The molecule has 0 aliphatic rings. The average Bonchev–Trinajstić information content (AvgIpc) is 2.55. The molecule has 0 aliphatic heterocycles. The van der Waals surface area contributed by atoms with Crippen molar-refractivity contribution in [3.63, 3.8) is 0 Å². The molecule has 0 spiro atoms. The molecule has 2 aromatic carbocycles. The lowest BCUT2D eigenvalue weighted by Gasteiger charge is -2.12. The Bertz CT molecular complexity index is 550. The van der Waals surface area contributed by atoms with Gasteiger partial charge in [0.1, 0.15) is 0 Å². The van der Waals surface area contributed by atoms with Gasteiger partial charge >= 0.3 is 0 Å². The smallest absolute Gasteiger partial charge is 0.229 e. The summed E-state index contributed by atoms with van der Waals surface area (Å²) < 4.78 is 0. The van der Waals surface area contributed by atoms with E-state index in [-0.39, 0.29) is 11.2 Å². The van der Waals surface area contributed by atoms with Crippen molar-refractivity contribution in [2.24, 2.45) is 0 Å². The van der Waals surface area contributed by atoms with Gasteiger partial charge in [-0.3, -0.25) is 4.79 Å². The van der Waals surface area contributed by atoms with Crippen LogP contribution in [0.25, 0.3) is 0 Å². The molecule has 0 amide bonds. The molecule has 1 atom stereocenters. The monoisotopic (exact) mass is 314 g/mol. The van der Waals surface area contributed by atoms with E-state index in [4.69, 9.17) is 11.6 Å². The minimum absolute atomic E-state index is 0.156. The van der Waals surface area contributed by atoms with Crippen LogP contribution in [0.1, 0.15) is 49.1 Å². The molecule has 0 bridgehead atoms. The van der Waals surface area contributed by atoms with E-state index in [1.807, 2.05) is 30.3 Å². The fraction of sp³-hybridized carbons (Fsp3) is 0.350. The molecule has 0 heterocycles. The van der Waals surface area contributed by atoms with Crippen LogP contribution < -0.4 is 0 Å². The number of hydrogen-bond acceptors (Lipinski definition) is 1. The number of hydrogen-bond donors (Lipinski definition) is 0. The fourth-order valence-electron chi connectivity index (χ4n) is 2.77. The van der Waals surface area contributed by atoms with Gasteiger partial charge in [-0.1, -0.05) is 79.9 Å². The first-order valence-electron chi connectivity index (χ1n) is 8.05. The molecular weight excluding hydrogens is 292 g/mol. The third kappa shape index (κ3) is 5.65. The zero-order valence-electron chi connectivity index (χ0n) is 12.9. The predicted octanol–water partition coefficient (Wildman–Crippen LogP) is 5.73. The summed E-state index contributed by atoms with van der Waals surface area (Å²) in [6.07, 6.45) is 6.59. The van der Waals surface area contributed by atoms with Crippen molar-refractivity contribution in [1.82, 2.24) is 0 Å². The SMILES string of the molecule is O=C(Cl)C(CCCCCCc1ccccc1)c1ccccc1. The van der Waals surface area contributed by atoms with Crippen molar-refractivity contribution in [3.05, 3.63) is 71.8 Å². The van der Waals surface area contributed by atoms with Gasteiger partial charge in [0.15, 0.2) is 0 Å². The molecule has 2 rings (SSSR count). The molecule has 0 aromatic heterocycles. The summed E-state index contributed by atoms with van der Waals surface area (Å²) >= 11 is 5.76. The first kappa shape index (κ1) is 16.8. The van der Waals surface area contributed by atoms with Crippen LogP contribution in [0, 0.1) is 0 Å². The maximum absolute atomic E-state index is 11.6. The fourth-order valence-corrected chi connectivity index (χ4v) is 3.01. The van der Waals surface area contributed by atoms with Crippen molar-refractivity contribution >= 4 is 16.8 Å². The predicted molar refractivity (Wildman–Crippen MR) is 93.3 cm³/mol. The Morgan fingerprint density at radius 2 is 1.41 bits per heavy atom. The molecule has 116 valence electrons. The number of carbonyl (C=O) groups excluding carboxylic acids is 1. The van der Waals surface area contributed by atoms with Gasteiger partial charge < -0.3 is 0 Å². The van der Waals surface area contributed by atoms with Gasteiger partial charge in [-0.25, -0.2) is 0 Å². The highest BCUT2D eigenvalue weighted by molar-refractivity contribution is 6.64. The largest absolute Gasteiger partial charge is 0.281 e. The van der Waals surface area contributed by atoms with E-state index < -0.39 is 0 Å². The lowest BCUT2D eigenvalue weighted by atomic mass is 9.94. The van der Waals surface area contributed by atoms with Crippen LogP contribution in [0.5, 0.6) is 0 Å². The van der Waals surface area contributed by atoms with Crippen LogP contribution in [0.15, 0.2) is 60.7 Å². The second-order valence-electron chi connectivity index (χ2n) is 5.71. The van der Waals surface area contributed by atoms with Gasteiger partial charge in [0.25, 0.3) is 0 Å². The van der Waals surface area contributed by atoms with Crippen LogP contribution in [0.2, 0.25) is 0 Å². The van der Waals surface area contributed by atoms with E-state index in [0.717, 1.165) is 31.2 Å². The lowest BCUT2D eigenvalue weighted by Crippen LogP contribution is -2.06. The Morgan fingerprint density at radius 3 is 2.05 bits per heavy atom. The Kier molecular flexibility index (Phi) is 7.18. The second kappa shape index (κ2) is 9.42. The first-order valence-corrected chi connectivity index (χ1v) is 8.43. The van der Waals surface area contributed by atoms with Crippen molar-refractivity contribution in [2.75, 3.05) is 0 Å². The number of halogens is 1. The Hall–Kier alpha value is -1.60. The molecule has 1 unspecified atom stereocenters. The summed E-state index contributed by atoms with van der Waals surface area (Å²) in [7, 11) is 0. The van der Waals surface area contributed by atoms with Crippen molar-refractivity contribution in [1.29, 1.82) is 0 Å². The van der Waals surface area contributed by atoms with Gasteiger partial charge in [-0.2, -0.15) is 0 Å². The average molecular weight is 315 g/mol. The first-order chi connectivity index (χ1) is 10.8. The van der Waals surface area contributed by atoms with Gasteiger partial charge in [0.2, 0.25) is 5.24 Å². The van der Waals surface area contributed by atoms with E-state index >= 15 is 0 Å². The van der Waals surface area contributed by atoms with E-state index in [1.54, 1.807) is 0 Å². The quantitative estimate of drug-likeness (QED) is 0.427. The highest BCUT2D eigenvalue weighted by Crippen LogP contribution is 2.25. The van der Waals surface area contributed by atoms with E-state index in [2.05, 4.69) is 30.3 Å². The molecule has 0 N–H and O–H groups in total. The number of benzene rings is 2. The number of aryl methyl sites for hydroxylation is 1. The summed E-state index contributed by atoms with van der Waals surface area (Å²) in [5, 5.41) is -0.240. The molecule has 0 radical (unpaired) electrons. The van der Waals surface area contributed by atoms with Crippen LogP contribution in [-0.2, 0) is 11.2 Å². The number of rotatable bonds is 9. The maximum Gasteiger partial charge on any atom is 0.229 e. The van der Waals surface area contributed by atoms with Crippen molar-refractivity contribution in [2.45, 2.75) is 44.4 Å². The third-order valence-electron chi connectivity index (χ3n) is 4.03. The van der Waals surface area contributed by atoms with E-state index in [1.165, 1.54) is 18.4 Å². The molecule has 1 nitrogen and oxygen atoms in total. The van der Waals surface area contributed by atoms with Gasteiger partial charge in [0.05, 0.1) is 5.92 Å². The molecule has 0 saturated carbocycles. The van der Waals surface area contributed by atoms with Crippen LogP contribution >= 0.6 is 11.6 Å². The van der Waals surface area contributed by atoms with Gasteiger partial charge in [-0.15, -0.1) is 0 Å². The molecular formula is C20H23ClO. The van der Waals surface area contributed by atoms with Gasteiger partial charge in [-0.05, 0) is 42.0 Å². The minimum Gasteiger partial charge on any atom is -0.281 e. The molecule has 0 aliphatic carbocycles. The maximum atomic E-state index is 11.6. The topological polar surface area (TPSA) is 17.1 Å². The van der Waals surface area contributed by atoms with E-state index in [9.17, 15) is 4.79 Å². The number of carbonyl (C=O) groups is 1. The normalized spacial score (nSPS) is 12.0. The molecule has 0 fully saturated rings. The summed E-state index contributed by atoms with van der Waals surface area (Å²) in [6, 6.07) is 20.4. The Labute approximate surface area is 138 Å². The Balaban J connectivity index is 1.67. The minimum atomic E-state index is -0.240. The second-order valence-corrected chi connectivity index (χ2v) is 6.08. The standard InChI is InChI=1S/C20H23ClO/c21-20(22)19(18-14-8-4-9-15-18)16-10-2-1-5-11-17-12-6-3-7-13-17/h3-4,6-9,12-15,19H,1-2,5,10-11,16H2. The summed E-state index contributed by atoms with van der Waals surface area (Å²) in [5.74, 6) is -0.156. The van der Waals surface area contributed by atoms with E-state index in [0.29, 0.717) is 0 Å². The molecule has 2 aromatic rings. The zero-order chi connectivity index (χ0) is 15.6. The molecule has 0 saturated heterocycles. The van der Waals surface area contributed by atoms with Crippen molar-refractivity contribution in [3.8, 4) is 0 Å². The lowest BCUT2D eigenvalue weighted by molar-refractivity contribution is -0.113. The van der Waals surface area contributed by atoms with Gasteiger partial charge in [0, 0.05) is 0 Å². The van der Waals surface area contributed by atoms with Crippen molar-refractivity contribution < 1.29 is 4.79 Å². The number of unbranched alkanes of at least 4 members (excludes halogenated alkanes) is 3. The zero-order valence-corrected chi connectivity index (χ0v) is 13.6. The van der Waals surface area contributed by atoms with Crippen LogP contribution in [0.4, 0.5) is 0 Å². The molecule has 2 heteroatoms. The van der Waals surface area contributed by atoms with Crippen LogP contribution in [-0.4, -0.2) is 5.24 Å². The summed E-state index contributed by atoms with van der Waals surface area (Å²) in [5.41, 5.74) is 2.44.